The first kappa shape index (κ1) is 17.1. The van der Waals surface area contributed by atoms with Crippen molar-refractivity contribution in [3.05, 3.63) is 65.5 Å². The third kappa shape index (κ3) is 4.66. The molecule has 1 aromatic carbocycles. The molecule has 0 saturated carbocycles. The normalized spacial score (nSPS) is 16.9. The molecule has 1 atom stereocenters. The van der Waals surface area contributed by atoms with Gasteiger partial charge in [-0.1, -0.05) is 35.9 Å². The fraction of sp³-hybridized carbons (Fsp3) is 0.350. The fourth-order valence-corrected chi connectivity index (χ4v) is 3.02. The zero-order chi connectivity index (χ0) is 17.6. The Morgan fingerprint density at radius 2 is 2.04 bits per heavy atom. The number of aryl methyl sites for hydroxylation is 1. The zero-order valence-corrected chi connectivity index (χ0v) is 14.4. The summed E-state index contributed by atoms with van der Waals surface area (Å²) in [7, 11) is 0. The standard InChI is InChI=1S/C20H23N3O2/c1-15-4-6-16(7-5-15)8-10-23-14-18(11-19(23)24)20(25)22-13-17-3-2-9-21-12-17/h2-7,9,12,18H,8,10-11,13-14H2,1H3,(H,22,25)/t18-/m1/s1. The lowest BCUT2D eigenvalue weighted by Gasteiger charge is -2.16. The average Bonchev–Trinajstić information content (AvgIpc) is 3.01. The van der Waals surface area contributed by atoms with E-state index in [2.05, 4.69) is 41.5 Å². The summed E-state index contributed by atoms with van der Waals surface area (Å²) in [4.78, 5) is 30.3. The minimum absolute atomic E-state index is 0.0601. The van der Waals surface area contributed by atoms with Crippen LogP contribution >= 0.6 is 0 Å². The molecule has 25 heavy (non-hydrogen) atoms. The van der Waals surface area contributed by atoms with Gasteiger partial charge in [0.15, 0.2) is 0 Å². The molecule has 0 bridgehead atoms. The number of hydrogen-bond acceptors (Lipinski definition) is 3. The average molecular weight is 337 g/mol. The first-order chi connectivity index (χ1) is 12.1. The van der Waals surface area contributed by atoms with E-state index < -0.39 is 0 Å². The Morgan fingerprint density at radius 3 is 2.76 bits per heavy atom. The maximum Gasteiger partial charge on any atom is 0.225 e. The molecule has 130 valence electrons. The number of likely N-dealkylation sites (tertiary alicyclic amines) is 1. The van der Waals surface area contributed by atoms with Gasteiger partial charge in [-0.3, -0.25) is 14.6 Å². The number of nitrogens with zero attached hydrogens (tertiary/aromatic N) is 2. The van der Waals surface area contributed by atoms with E-state index in [1.54, 1.807) is 17.3 Å². The molecule has 2 amide bonds. The van der Waals surface area contributed by atoms with E-state index in [4.69, 9.17) is 0 Å². The second-order valence-electron chi connectivity index (χ2n) is 6.56. The van der Waals surface area contributed by atoms with E-state index >= 15 is 0 Å². The second-order valence-corrected chi connectivity index (χ2v) is 6.56. The lowest BCUT2D eigenvalue weighted by atomic mass is 10.1. The predicted octanol–water partition coefficient (Wildman–Crippen LogP) is 2.10. The molecule has 2 heterocycles. The van der Waals surface area contributed by atoms with Crippen LogP contribution in [0, 0.1) is 12.8 Å². The molecule has 1 aliphatic heterocycles. The van der Waals surface area contributed by atoms with E-state index in [-0.39, 0.29) is 17.7 Å². The summed E-state index contributed by atoms with van der Waals surface area (Å²) in [5.41, 5.74) is 3.39. The Balaban J connectivity index is 1.48. The SMILES string of the molecule is Cc1ccc(CCN2C[C@H](C(=O)NCc3cccnc3)CC2=O)cc1. The van der Waals surface area contributed by atoms with Crippen LogP contribution in [0.25, 0.3) is 0 Å². The van der Waals surface area contributed by atoms with Crippen molar-refractivity contribution in [1.29, 1.82) is 0 Å². The van der Waals surface area contributed by atoms with Gasteiger partial charge in [-0.05, 0) is 30.5 Å². The van der Waals surface area contributed by atoms with E-state index in [9.17, 15) is 9.59 Å². The molecule has 0 aliphatic carbocycles. The van der Waals surface area contributed by atoms with Gasteiger partial charge in [0.25, 0.3) is 0 Å². The van der Waals surface area contributed by atoms with Crippen molar-refractivity contribution in [2.24, 2.45) is 5.92 Å². The molecule has 0 spiro atoms. The number of amides is 2. The van der Waals surface area contributed by atoms with Gasteiger partial charge in [-0.15, -0.1) is 0 Å². The van der Waals surface area contributed by atoms with Gasteiger partial charge in [-0.2, -0.15) is 0 Å². The molecular formula is C20H23N3O2. The molecule has 5 nitrogen and oxygen atoms in total. The van der Waals surface area contributed by atoms with Gasteiger partial charge >= 0.3 is 0 Å². The van der Waals surface area contributed by atoms with Gasteiger partial charge in [0.05, 0.1) is 5.92 Å². The summed E-state index contributed by atoms with van der Waals surface area (Å²) in [6.45, 7) is 3.67. The van der Waals surface area contributed by atoms with Gasteiger partial charge in [0.1, 0.15) is 0 Å². The molecular weight excluding hydrogens is 314 g/mol. The van der Waals surface area contributed by atoms with Crippen LogP contribution < -0.4 is 5.32 Å². The lowest BCUT2D eigenvalue weighted by Crippen LogP contribution is -2.33. The maximum absolute atomic E-state index is 12.3. The molecule has 0 radical (unpaired) electrons. The first-order valence-electron chi connectivity index (χ1n) is 8.62. The molecule has 1 saturated heterocycles. The lowest BCUT2D eigenvalue weighted by molar-refractivity contribution is -0.129. The highest BCUT2D eigenvalue weighted by atomic mass is 16.2. The Labute approximate surface area is 148 Å². The van der Waals surface area contributed by atoms with E-state index in [1.165, 1.54) is 11.1 Å². The van der Waals surface area contributed by atoms with Gasteiger partial charge < -0.3 is 10.2 Å². The van der Waals surface area contributed by atoms with Crippen molar-refractivity contribution in [2.75, 3.05) is 13.1 Å². The fourth-order valence-electron chi connectivity index (χ4n) is 3.02. The summed E-state index contributed by atoms with van der Waals surface area (Å²) in [5.74, 6) is -0.258. The molecule has 5 heteroatoms. The van der Waals surface area contributed by atoms with Gasteiger partial charge in [-0.25, -0.2) is 0 Å². The third-order valence-corrected chi connectivity index (χ3v) is 4.57. The maximum atomic E-state index is 12.3. The minimum atomic E-state index is -0.262. The quantitative estimate of drug-likeness (QED) is 0.878. The summed E-state index contributed by atoms with van der Waals surface area (Å²) >= 11 is 0. The molecule has 1 aromatic heterocycles. The molecule has 1 aliphatic rings. The predicted molar refractivity (Wildman–Crippen MR) is 95.7 cm³/mol. The monoisotopic (exact) mass is 337 g/mol. The highest BCUT2D eigenvalue weighted by Gasteiger charge is 2.33. The molecule has 1 fully saturated rings. The Hall–Kier alpha value is -2.69. The van der Waals surface area contributed by atoms with E-state index in [0.29, 0.717) is 26.1 Å². The Kier molecular flexibility index (Phi) is 5.43. The Bertz CT molecular complexity index is 728. The summed E-state index contributed by atoms with van der Waals surface area (Å²) < 4.78 is 0. The first-order valence-corrected chi connectivity index (χ1v) is 8.62. The number of carbonyl (C=O) groups is 2. The molecule has 0 unspecified atom stereocenters. The van der Waals surface area contributed by atoms with Crippen LogP contribution in [0.1, 0.15) is 23.1 Å². The Morgan fingerprint density at radius 1 is 1.24 bits per heavy atom. The van der Waals surface area contributed by atoms with Crippen LogP contribution in [-0.4, -0.2) is 34.8 Å². The van der Waals surface area contributed by atoms with Crippen molar-refractivity contribution >= 4 is 11.8 Å². The van der Waals surface area contributed by atoms with E-state index in [0.717, 1.165) is 12.0 Å². The van der Waals surface area contributed by atoms with Crippen molar-refractivity contribution in [1.82, 2.24) is 15.2 Å². The number of hydrogen-bond donors (Lipinski definition) is 1. The van der Waals surface area contributed by atoms with Crippen LogP contribution in [0.2, 0.25) is 0 Å². The number of aromatic nitrogens is 1. The topological polar surface area (TPSA) is 62.3 Å². The molecule has 3 rings (SSSR count). The summed E-state index contributed by atoms with van der Waals surface area (Å²) in [5, 5.41) is 2.90. The molecule has 1 N–H and O–H groups in total. The van der Waals surface area contributed by atoms with Crippen molar-refractivity contribution in [3.63, 3.8) is 0 Å². The number of nitrogens with one attached hydrogen (secondary N) is 1. The minimum Gasteiger partial charge on any atom is -0.352 e. The number of carbonyl (C=O) groups excluding carboxylic acids is 2. The van der Waals surface area contributed by atoms with E-state index in [1.807, 2.05) is 12.1 Å². The second kappa shape index (κ2) is 7.92. The van der Waals surface area contributed by atoms with Crippen molar-refractivity contribution < 1.29 is 9.59 Å². The third-order valence-electron chi connectivity index (χ3n) is 4.57. The molecule has 2 aromatic rings. The highest BCUT2D eigenvalue weighted by Crippen LogP contribution is 2.19. The van der Waals surface area contributed by atoms with Crippen LogP contribution in [0.3, 0.4) is 0 Å². The number of pyridine rings is 1. The van der Waals surface area contributed by atoms with Crippen LogP contribution in [-0.2, 0) is 22.6 Å². The van der Waals surface area contributed by atoms with Gasteiger partial charge in [0.2, 0.25) is 11.8 Å². The van der Waals surface area contributed by atoms with Crippen LogP contribution in [0.15, 0.2) is 48.8 Å². The zero-order valence-electron chi connectivity index (χ0n) is 14.4. The van der Waals surface area contributed by atoms with Crippen molar-refractivity contribution in [2.45, 2.75) is 26.3 Å². The highest BCUT2D eigenvalue weighted by molar-refractivity contribution is 5.89. The summed E-state index contributed by atoms with van der Waals surface area (Å²) in [6, 6.07) is 12.1. The van der Waals surface area contributed by atoms with Crippen molar-refractivity contribution in [3.8, 4) is 0 Å². The smallest absolute Gasteiger partial charge is 0.225 e. The van der Waals surface area contributed by atoms with Crippen LogP contribution in [0.5, 0.6) is 0 Å². The largest absolute Gasteiger partial charge is 0.352 e. The van der Waals surface area contributed by atoms with Gasteiger partial charge in [0, 0.05) is 38.4 Å². The summed E-state index contributed by atoms with van der Waals surface area (Å²) in [6.07, 6.45) is 4.55. The number of benzene rings is 1. The van der Waals surface area contributed by atoms with Crippen LogP contribution in [0.4, 0.5) is 0 Å². The number of rotatable bonds is 6.